The van der Waals surface area contributed by atoms with E-state index in [-0.39, 0.29) is 16.6 Å². The number of hydrogen-bond acceptors (Lipinski definition) is 3. The standard InChI is InChI=1S/C24H39NO2Si/c1-16-18(15-26)22(17-11-9-10-12-17)25-19-13-24(5,6)14-20(21(16)19)27-28(7,8)23(2,3)4/h15,17,20H,9-14H2,1-8H3. The fourth-order valence-electron chi connectivity index (χ4n) is 4.80. The number of pyridine rings is 1. The van der Waals surface area contributed by atoms with E-state index in [0.29, 0.717) is 5.92 Å². The molecule has 0 saturated heterocycles. The summed E-state index contributed by atoms with van der Waals surface area (Å²) in [4.78, 5) is 17.3. The first-order valence-corrected chi connectivity index (χ1v) is 13.9. The largest absolute Gasteiger partial charge is 0.410 e. The van der Waals surface area contributed by atoms with Crippen molar-refractivity contribution in [2.75, 3.05) is 0 Å². The zero-order chi connectivity index (χ0) is 20.9. The molecule has 1 aromatic heterocycles. The van der Waals surface area contributed by atoms with Gasteiger partial charge < -0.3 is 4.43 Å². The van der Waals surface area contributed by atoms with Crippen LogP contribution in [-0.4, -0.2) is 19.6 Å². The predicted octanol–water partition coefficient (Wildman–Crippen LogP) is 6.90. The van der Waals surface area contributed by atoms with Crippen molar-refractivity contribution >= 4 is 14.6 Å². The molecule has 1 heterocycles. The number of carbonyl (C=O) groups excluding carboxylic acids is 1. The van der Waals surface area contributed by atoms with E-state index in [1.165, 1.54) is 36.9 Å². The second-order valence-corrected chi connectivity index (χ2v) is 16.2. The van der Waals surface area contributed by atoms with Crippen molar-refractivity contribution in [3.63, 3.8) is 0 Å². The van der Waals surface area contributed by atoms with Gasteiger partial charge in [0.1, 0.15) is 0 Å². The van der Waals surface area contributed by atoms with Crippen LogP contribution in [0, 0.1) is 12.3 Å². The summed E-state index contributed by atoms with van der Waals surface area (Å²) in [6.45, 7) is 18.3. The molecule has 2 aliphatic carbocycles. The molecule has 0 bridgehead atoms. The molecular weight excluding hydrogens is 362 g/mol. The average Bonchev–Trinajstić information content (AvgIpc) is 3.05. The number of carbonyl (C=O) groups is 1. The summed E-state index contributed by atoms with van der Waals surface area (Å²) in [5.74, 6) is 0.453. The minimum absolute atomic E-state index is 0.0449. The molecule has 156 valence electrons. The smallest absolute Gasteiger partial charge is 0.192 e. The lowest BCUT2D eigenvalue weighted by Crippen LogP contribution is -2.44. The second kappa shape index (κ2) is 7.35. The Morgan fingerprint density at radius 1 is 1.18 bits per heavy atom. The molecule has 1 saturated carbocycles. The zero-order valence-electron chi connectivity index (χ0n) is 19.2. The molecule has 3 rings (SSSR count). The van der Waals surface area contributed by atoms with Gasteiger partial charge in [0.15, 0.2) is 14.6 Å². The van der Waals surface area contributed by atoms with Crippen LogP contribution in [0.15, 0.2) is 0 Å². The maximum atomic E-state index is 12.1. The molecule has 0 N–H and O–H groups in total. The lowest BCUT2D eigenvalue weighted by molar-refractivity contribution is 0.105. The lowest BCUT2D eigenvalue weighted by atomic mass is 9.73. The molecule has 0 radical (unpaired) electrons. The summed E-state index contributed by atoms with van der Waals surface area (Å²) < 4.78 is 6.93. The van der Waals surface area contributed by atoms with Gasteiger partial charge in [0.05, 0.1) is 11.8 Å². The molecule has 0 amide bonds. The van der Waals surface area contributed by atoms with Crippen LogP contribution in [0.5, 0.6) is 0 Å². The summed E-state index contributed by atoms with van der Waals surface area (Å²) in [5, 5.41) is 0.160. The number of aromatic nitrogens is 1. The van der Waals surface area contributed by atoms with E-state index in [0.717, 1.165) is 35.9 Å². The van der Waals surface area contributed by atoms with Crippen LogP contribution >= 0.6 is 0 Å². The van der Waals surface area contributed by atoms with Crippen LogP contribution in [0.1, 0.15) is 112 Å². The van der Waals surface area contributed by atoms with Crippen LogP contribution in [0.4, 0.5) is 0 Å². The topological polar surface area (TPSA) is 39.2 Å². The number of hydrogen-bond donors (Lipinski definition) is 0. The minimum Gasteiger partial charge on any atom is -0.410 e. The van der Waals surface area contributed by atoms with Crippen molar-refractivity contribution < 1.29 is 9.22 Å². The highest BCUT2D eigenvalue weighted by molar-refractivity contribution is 6.74. The molecular formula is C24H39NO2Si. The van der Waals surface area contributed by atoms with E-state index in [9.17, 15) is 4.79 Å². The Balaban J connectivity index is 2.11. The summed E-state index contributed by atoms with van der Waals surface area (Å²) in [5.41, 5.74) is 5.59. The van der Waals surface area contributed by atoms with Gasteiger partial charge in [0.2, 0.25) is 0 Å². The first-order valence-electron chi connectivity index (χ1n) is 11.0. The third kappa shape index (κ3) is 4.00. The molecule has 1 atom stereocenters. The van der Waals surface area contributed by atoms with Gasteiger partial charge in [-0.05, 0) is 61.7 Å². The third-order valence-corrected chi connectivity index (χ3v) is 11.9. The van der Waals surface area contributed by atoms with Crippen LogP contribution in [0.2, 0.25) is 18.1 Å². The zero-order valence-corrected chi connectivity index (χ0v) is 20.2. The van der Waals surface area contributed by atoms with E-state index in [2.05, 4.69) is 54.6 Å². The van der Waals surface area contributed by atoms with E-state index in [1.54, 1.807) is 0 Å². The van der Waals surface area contributed by atoms with Crippen molar-refractivity contribution in [2.24, 2.45) is 5.41 Å². The Morgan fingerprint density at radius 2 is 1.79 bits per heavy atom. The lowest BCUT2D eigenvalue weighted by Gasteiger charge is -2.44. The summed E-state index contributed by atoms with van der Waals surface area (Å²) in [7, 11) is -1.93. The fourth-order valence-corrected chi connectivity index (χ4v) is 6.07. The van der Waals surface area contributed by atoms with E-state index in [1.807, 2.05) is 0 Å². The monoisotopic (exact) mass is 401 g/mol. The van der Waals surface area contributed by atoms with E-state index in [4.69, 9.17) is 9.41 Å². The molecule has 3 nitrogen and oxygen atoms in total. The molecule has 0 aliphatic heterocycles. The normalized spacial score (nSPS) is 22.9. The molecule has 1 unspecified atom stereocenters. The fraction of sp³-hybridized carbons (Fsp3) is 0.750. The highest BCUT2D eigenvalue weighted by Gasteiger charge is 2.44. The Labute approximate surface area is 172 Å². The minimum atomic E-state index is -1.93. The third-order valence-electron chi connectivity index (χ3n) is 7.46. The van der Waals surface area contributed by atoms with Gasteiger partial charge in [-0.15, -0.1) is 0 Å². The summed E-state index contributed by atoms with van der Waals surface area (Å²) >= 11 is 0. The van der Waals surface area contributed by atoms with Crippen molar-refractivity contribution in [3.8, 4) is 0 Å². The summed E-state index contributed by atoms with van der Waals surface area (Å²) in [6, 6.07) is 0. The van der Waals surface area contributed by atoms with Gasteiger partial charge in [-0.25, -0.2) is 0 Å². The predicted molar refractivity (Wildman–Crippen MR) is 119 cm³/mol. The van der Waals surface area contributed by atoms with E-state index >= 15 is 0 Å². The maximum absolute atomic E-state index is 12.1. The number of rotatable bonds is 4. The Bertz CT molecular complexity index is 755. The average molecular weight is 402 g/mol. The Kier molecular flexibility index (Phi) is 5.70. The molecule has 0 spiro atoms. The van der Waals surface area contributed by atoms with E-state index < -0.39 is 8.32 Å². The summed E-state index contributed by atoms with van der Waals surface area (Å²) in [6.07, 6.45) is 7.91. The molecule has 1 fully saturated rings. The number of fused-ring (bicyclic) bond motifs is 1. The van der Waals surface area contributed by atoms with Gasteiger partial charge in [-0.3, -0.25) is 9.78 Å². The van der Waals surface area contributed by atoms with Gasteiger partial charge >= 0.3 is 0 Å². The van der Waals surface area contributed by atoms with Crippen LogP contribution in [0.25, 0.3) is 0 Å². The maximum Gasteiger partial charge on any atom is 0.192 e. The van der Waals surface area contributed by atoms with Crippen molar-refractivity contribution in [1.82, 2.24) is 4.98 Å². The second-order valence-electron chi connectivity index (χ2n) is 11.4. The molecule has 4 heteroatoms. The van der Waals surface area contributed by atoms with Crippen LogP contribution in [0.3, 0.4) is 0 Å². The Hall–Kier alpha value is -1.00. The first-order chi connectivity index (χ1) is 12.9. The van der Waals surface area contributed by atoms with Crippen molar-refractivity contribution in [2.45, 2.75) is 110 Å². The Morgan fingerprint density at radius 3 is 2.32 bits per heavy atom. The van der Waals surface area contributed by atoms with Gasteiger partial charge in [0, 0.05) is 22.7 Å². The molecule has 0 aromatic carbocycles. The van der Waals surface area contributed by atoms with Crippen molar-refractivity contribution in [3.05, 3.63) is 28.1 Å². The van der Waals surface area contributed by atoms with Crippen molar-refractivity contribution in [1.29, 1.82) is 0 Å². The molecule has 2 aliphatic rings. The molecule has 28 heavy (non-hydrogen) atoms. The van der Waals surface area contributed by atoms with Crippen LogP contribution < -0.4 is 0 Å². The highest BCUT2D eigenvalue weighted by atomic mass is 28.4. The van der Waals surface area contributed by atoms with Gasteiger partial charge in [-0.2, -0.15) is 0 Å². The van der Waals surface area contributed by atoms with Gasteiger partial charge in [-0.1, -0.05) is 47.5 Å². The number of nitrogens with zero attached hydrogens (tertiary/aromatic N) is 1. The quantitative estimate of drug-likeness (QED) is 0.407. The molecule has 1 aromatic rings. The highest BCUT2D eigenvalue weighted by Crippen LogP contribution is 2.49. The first kappa shape index (κ1) is 21.7. The SMILES string of the molecule is Cc1c(C=O)c(C2CCCC2)nc2c1C(O[Si](C)(C)C(C)(C)C)CC(C)(C)C2. The van der Waals surface area contributed by atoms with Crippen LogP contribution in [-0.2, 0) is 10.8 Å². The number of aldehydes is 1. The van der Waals surface area contributed by atoms with Gasteiger partial charge in [0.25, 0.3) is 0 Å².